The van der Waals surface area contributed by atoms with E-state index in [0.29, 0.717) is 37.7 Å². The second-order valence-corrected chi connectivity index (χ2v) is 27.0. The molecule has 0 amide bonds. The van der Waals surface area contributed by atoms with Gasteiger partial charge in [-0.3, -0.25) is 4.79 Å². The summed E-state index contributed by atoms with van der Waals surface area (Å²) >= 11 is 0. The Morgan fingerprint density at radius 2 is 1.31 bits per heavy atom. The standard InChI is InChI=1S/C58H90O27/c1-10-23(2)47(74)85-45-44(71)58(22-60)25(17-53(45,3)4)24-11-12-29-54(5)15-14-32(57(8,52(75)76-9)30(54)13-16-55(29,6)56(24,7)18-31(58)63)80-51-43(84-49-38(69)36(67)35(66)28(19-59)79-49)40(39(70)41(82-51)46(72)73)81-50-42(34(65)27(62)21-78-50)83-48-37(68)33(64)26(61)20-77-48/h10-11,25-45,48-51,59-71H,12-22H2,1-9H3,(H,72,73)/b23-10-/t25-,26+,27-,28+,29+,30+,31+,32-,33-,34-,35-,36-,37+,38+,39-,40-,41-,42+,43+,44-,45-,48-,49-,50-,51-,54+,55+,56+,57-,58-/m0/s1. The molecule has 0 radical (unpaired) electrons. The zero-order chi connectivity index (χ0) is 62.6. The average molecular weight is 1220 g/mol. The molecule has 5 aliphatic carbocycles. The summed E-state index contributed by atoms with van der Waals surface area (Å²) in [5.74, 6) is -4.41. The maximum absolute atomic E-state index is 14.9. The summed E-state index contributed by atoms with van der Waals surface area (Å²) in [6.45, 7) is 12.5. The summed E-state index contributed by atoms with van der Waals surface area (Å²) in [7, 11) is 1.21. The molecule has 4 saturated heterocycles. The number of aliphatic hydroxyl groups is 13. The number of methoxy groups -OCH3 is 1. The largest absolute Gasteiger partial charge is 0.479 e. The van der Waals surface area contributed by atoms with Gasteiger partial charge in [0.1, 0.15) is 91.6 Å². The Balaban J connectivity index is 1.06. The number of allylic oxidation sites excluding steroid dienone is 3. The van der Waals surface area contributed by atoms with Crippen LogP contribution in [0.5, 0.6) is 0 Å². The third-order valence-electron chi connectivity index (χ3n) is 22.3. The molecule has 4 saturated carbocycles. The van der Waals surface area contributed by atoms with Crippen LogP contribution in [0.1, 0.15) is 100 Å². The zero-order valence-corrected chi connectivity index (χ0v) is 49.4. The van der Waals surface area contributed by atoms with Crippen LogP contribution in [0.25, 0.3) is 0 Å². The fourth-order valence-electron chi connectivity index (χ4n) is 17.0. The molecule has 9 aliphatic rings. The van der Waals surface area contributed by atoms with Gasteiger partial charge in [-0.25, -0.2) is 9.59 Å². The summed E-state index contributed by atoms with van der Waals surface area (Å²) in [5, 5.41) is 156. The van der Waals surface area contributed by atoms with Crippen LogP contribution in [-0.2, 0) is 61.8 Å². The molecule has 14 N–H and O–H groups in total. The van der Waals surface area contributed by atoms with E-state index in [0.717, 1.165) is 5.57 Å². The van der Waals surface area contributed by atoms with Gasteiger partial charge in [0.25, 0.3) is 0 Å². The topological polar surface area (TPSA) is 427 Å². The minimum atomic E-state index is -2.30. The summed E-state index contributed by atoms with van der Waals surface area (Å²) in [6.07, 6.45) is -34.0. The number of carbonyl (C=O) groups excluding carboxylic acids is 2. The number of aliphatic carboxylic acids is 1. The van der Waals surface area contributed by atoms with Crippen LogP contribution in [0.3, 0.4) is 0 Å². The van der Waals surface area contributed by atoms with Gasteiger partial charge in [0, 0.05) is 11.0 Å². The lowest BCUT2D eigenvalue weighted by molar-refractivity contribution is -0.399. The third kappa shape index (κ3) is 10.7. The second kappa shape index (κ2) is 24.3. The van der Waals surface area contributed by atoms with Gasteiger partial charge in [0.05, 0.1) is 56.6 Å². The lowest BCUT2D eigenvalue weighted by Gasteiger charge is -2.72. The molecule has 0 aromatic heterocycles. The summed E-state index contributed by atoms with van der Waals surface area (Å²) in [5.41, 5.74) is -4.67. The van der Waals surface area contributed by atoms with E-state index in [9.17, 15) is 85.9 Å². The van der Waals surface area contributed by atoms with E-state index in [4.69, 9.17) is 47.4 Å². The van der Waals surface area contributed by atoms with Crippen molar-refractivity contribution >= 4 is 17.9 Å². The molecular weight excluding hydrogens is 1130 g/mol. The molecule has 85 heavy (non-hydrogen) atoms. The first-order valence-corrected chi connectivity index (χ1v) is 29.5. The van der Waals surface area contributed by atoms with Gasteiger partial charge in [-0.2, -0.15) is 0 Å². The fraction of sp³-hybridized carbons (Fsp3) is 0.879. The van der Waals surface area contributed by atoms with Gasteiger partial charge in [-0.05, 0) is 99.7 Å². The molecule has 0 bridgehead atoms. The summed E-state index contributed by atoms with van der Waals surface area (Å²) in [4.78, 5) is 41.3. The van der Waals surface area contributed by atoms with E-state index in [1.807, 2.05) is 13.8 Å². The highest BCUT2D eigenvalue weighted by atomic mass is 16.8. The maximum atomic E-state index is 14.9. The molecule has 30 atom stereocenters. The molecule has 8 fully saturated rings. The van der Waals surface area contributed by atoms with E-state index in [-0.39, 0.29) is 18.8 Å². The number of hydrogen-bond donors (Lipinski definition) is 14. The molecular formula is C58H90O27. The number of esters is 2. The molecule has 0 aromatic carbocycles. The van der Waals surface area contributed by atoms with Gasteiger partial charge in [-0.15, -0.1) is 0 Å². The molecule has 9 rings (SSSR count). The number of carboxylic acid groups (broad SMARTS) is 1. The third-order valence-corrected chi connectivity index (χ3v) is 22.3. The first-order valence-electron chi connectivity index (χ1n) is 29.5. The Hall–Kier alpha value is -2.95. The van der Waals surface area contributed by atoms with Crippen molar-refractivity contribution in [1.82, 2.24) is 0 Å². The number of carbonyl (C=O) groups is 3. The fourth-order valence-corrected chi connectivity index (χ4v) is 17.0. The van der Waals surface area contributed by atoms with Crippen molar-refractivity contribution in [2.75, 3.05) is 33.5 Å². The van der Waals surface area contributed by atoms with Crippen molar-refractivity contribution in [2.45, 2.75) is 235 Å². The molecule has 4 aliphatic heterocycles. The predicted octanol–water partition coefficient (Wildman–Crippen LogP) is -2.61. The Kier molecular flexibility index (Phi) is 19.0. The molecule has 4 heterocycles. The highest BCUT2D eigenvalue weighted by molar-refractivity contribution is 5.87. The van der Waals surface area contributed by atoms with Crippen molar-refractivity contribution in [3.8, 4) is 0 Å². The van der Waals surface area contributed by atoms with Crippen LogP contribution in [-0.4, -0.2) is 258 Å². The van der Waals surface area contributed by atoms with Crippen molar-refractivity contribution in [3.05, 3.63) is 23.3 Å². The SMILES string of the molecule is C/C=C(/C)C(=O)O[C@H]1[C@H](O)[C@]2(CO)[C@H](O)C[C@]3(C)C(=CC[C@@H]4[C@@]5(C)CC[C@H](O[C@H]6O[C@H](C(=O)O)[C@@H](O)[C@H](O[C@@H]7OC[C@H](O)[C@H](O)[C@H]7O[C@@H]7OC[C@@H](O)[C@H](O)[C@H]7O)[C@H]6O[C@@H]6O[C@H](CO)[C@H](O)[C@H](O)[C@H]6O)[C@@](C)(C(=O)OC)[C@@H]5CC[C@]43C)[C@@H]2CC1(C)C. The lowest BCUT2D eigenvalue weighted by Crippen LogP contribution is -2.72. The van der Waals surface area contributed by atoms with Crippen molar-refractivity contribution < 1.29 is 133 Å². The summed E-state index contributed by atoms with van der Waals surface area (Å²) in [6, 6.07) is 0. The Bertz CT molecular complexity index is 2500. The monoisotopic (exact) mass is 1220 g/mol. The Morgan fingerprint density at radius 3 is 1.93 bits per heavy atom. The Labute approximate surface area is 492 Å². The lowest BCUT2D eigenvalue weighted by atomic mass is 9.33. The highest BCUT2D eigenvalue weighted by Crippen LogP contribution is 2.76. The Morgan fingerprint density at radius 1 is 0.682 bits per heavy atom. The zero-order valence-electron chi connectivity index (χ0n) is 49.4. The van der Waals surface area contributed by atoms with Crippen LogP contribution >= 0.6 is 0 Å². The molecule has 27 nitrogen and oxygen atoms in total. The van der Waals surface area contributed by atoms with Crippen molar-refractivity contribution in [2.24, 2.45) is 50.2 Å². The highest BCUT2D eigenvalue weighted by Gasteiger charge is 2.74. The van der Waals surface area contributed by atoms with E-state index in [1.165, 1.54) is 7.11 Å². The van der Waals surface area contributed by atoms with Gasteiger partial charge in [-0.1, -0.05) is 52.3 Å². The number of hydrogen-bond acceptors (Lipinski definition) is 26. The quantitative estimate of drug-likeness (QED) is 0.0367. The molecule has 0 unspecified atom stereocenters. The molecule has 27 heteroatoms. The maximum Gasteiger partial charge on any atom is 0.335 e. The van der Waals surface area contributed by atoms with E-state index in [2.05, 4.69) is 26.8 Å². The van der Waals surface area contributed by atoms with E-state index in [1.54, 1.807) is 26.8 Å². The van der Waals surface area contributed by atoms with Crippen LogP contribution in [0.4, 0.5) is 0 Å². The van der Waals surface area contributed by atoms with Gasteiger partial charge < -0.3 is 119 Å². The molecule has 0 aromatic rings. The minimum Gasteiger partial charge on any atom is -0.479 e. The van der Waals surface area contributed by atoms with Crippen molar-refractivity contribution in [1.29, 1.82) is 0 Å². The van der Waals surface area contributed by atoms with Crippen LogP contribution in [0.2, 0.25) is 0 Å². The van der Waals surface area contributed by atoms with Gasteiger partial charge in [0.15, 0.2) is 31.3 Å². The van der Waals surface area contributed by atoms with Crippen LogP contribution < -0.4 is 0 Å². The van der Waals surface area contributed by atoms with Crippen LogP contribution in [0, 0.1) is 50.2 Å². The smallest absolute Gasteiger partial charge is 0.335 e. The van der Waals surface area contributed by atoms with Crippen LogP contribution in [0.15, 0.2) is 23.3 Å². The number of carboxylic acids is 1. The number of rotatable bonds is 14. The number of aliphatic hydroxyl groups excluding tert-OH is 13. The number of fused-ring (bicyclic) bond motifs is 7. The first kappa shape index (κ1) is 66.5. The molecule has 0 spiro atoms. The van der Waals surface area contributed by atoms with Crippen molar-refractivity contribution in [3.63, 3.8) is 0 Å². The van der Waals surface area contributed by atoms with Gasteiger partial charge in [0.2, 0.25) is 0 Å². The van der Waals surface area contributed by atoms with E-state index < -0.39 is 224 Å². The first-order chi connectivity index (χ1) is 39.8. The second-order valence-electron chi connectivity index (χ2n) is 27.0. The minimum absolute atomic E-state index is 0.0545. The predicted molar refractivity (Wildman–Crippen MR) is 285 cm³/mol. The van der Waals surface area contributed by atoms with Gasteiger partial charge >= 0.3 is 17.9 Å². The molecule has 484 valence electrons. The number of ether oxygens (including phenoxy) is 10. The summed E-state index contributed by atoms with van der Waals surface area (Å²) < 4.78 is 59.9. The normalized spacial score (nSPS) is 51.6. The average Bonchev–Trinajstić information content (AvgIpc) is 0.675. The van der Waals surface area contributed by atoms with E-state index >= 15 is 0 Å².